The molecule has 1 aliphatic heterocycles. The fourth-order valence-electron chi connectivity index (χ4n) is 2.00. The number of hydroxylamine groups is 1. The van der Waals surface area contributed by atoms with E-state index in [0.29, 0.717) is 12.5 Å². The van der Waals surface area contributed by atoms with Crippen molar-refractivity contribution in [1.82, 2.24) is 10.8 Å². The van der Waals surface area contributed by atoms with E-state index in [9.17, 15) is 4.79 Å². The van der Waals surface area contributed by atoms with Crippen LogP contribution in [0.4, 0.5) is 0 Å². The van der Waals surface area contributed by atoms with Crippen molar-refractivity contribution in [3.8, 4) is 0 Å². The summed E-state index contributed by atoms with van der Waals surface area (Å²) in [6.45, 7) is 4.11. The lowest BCUT2D eigenvalue weighted by molar-refractivity contribution is -0.139. The molecule has 1 amide bonds. The molecule has 1 aliphatic rings. The lowest BCUT2D eigenvalue weighted by atomic mass is 9.98. The zero-order chi connectivity index (χ0) is 12.1. The number of hydrogen-bond acceptors (Lipinski definition) is 3. The highest BCUT2D eigenvalue weighted by Gasteiger charge is 2.29. The first-order chi connectivity index (χ1) is 8.27. The van der Waals surface area contributed by atoms with Crippen LogP contribution in [0.2, 0.25) is 0 Å². The van der Waals surface area contributed by atoms with Crippen molar-refractivity contribution < 1.29 is 9.63 Å². The summed E-state index contributed by atoms with van der Waals surface area (Å²) in [7, 11) is 0. The molecule has 0 aliphatic carbocycles. The van der Waals surface area contributed by atoms with Crippen LogP contribution in [-0.2, 0) is 16.2 Å². The van der Waals surface area contributed by atoms with Crippen LogP contribution in [0.25, 0.3) is 0 Å². The highest BCUT2D eigenvalue weighted by Crippen LogP contribution is 2.15. The second kappa shape index (κ2) is 5.80. The minimum atomic E-state index is -0.0292. The van der Waals surface area contributed by atoms with Crippen molar-refractivity contribution in [3.63, 3.8) is 0 Å². The van der Waals surface area contributed by atoms with Gasteiger partial charge in [-0.05, 0) is 18.0 Å². The van der Waals surface area contributed by atoms with E-state index in [2.05, 4.69) is 17.7 Å². The largest absolute Gasteiger partial charge is 0.316 e. The molecule has 0 spiro atoms. The first-order valence-corrected chi connectivity index (χ1v) is 5.93. The fourth-order valence-corrected chi connectivity index (χ4v) is 2.00. The van der Waals surface area contributed by atoms with Gasteiger partial charge in [-0.3, -0.25) is 9.63 Å². The molecule has 17 heavy (non-hydrogen) atoms. The van der Waals surface area contributed by atoms with Gasteiger partial charge in [-0.25, -0.2) is 5.48 Å². The number of benzene rings is 1. The summed E-state index contributed by atoms with van der Waals surface area (Å²) in [6, 6.07) is 9.78. The van der Waals surface area contributed by atoms with E-state index in [-0.39, 0.29) is 11.8 Å². The predicted octanol–water partition coefficient (Wildman–Crippen LogP) is 1.09. The smallest absolute Gasteiger partial charge is 0.248 e. The van der Waals surface area contributed by atoms with Crippen LogP contribution < -0.4 is 10.8 Å². The van der Waals surface area contributed by atoms with Gasteiger partial charge >= 0.3 is 0 Å². The van der Waals surface area contributed by atoms with E-state index < -0.39 is 0 Å². The van der Waals surface area contributed by atoms with E-state index in [1.165, 1.54) is 0 Å². The van der Waals surface area contributed by atoms with Crippen molar-refractivity contribution in [2.45, 2.75) is 13.5 Å². The molecule has 0 saturated carbocycles. The van der Waals surface area contributed by atoms with Crippen molar-refractivity contribution in [2.24, 2.45) is 11.8 Å². The zero-order valence-electron chi connectivity index (χ0n) is 9.98. The molecule has 1 heterocycles. The monoisotopic (exact) mass is 234 g/mol. The fraction of sp³-hybridized carbons (Fsp3) is 0.462. The molecule has 4 heteroatoms. The van der Waals surface area contributed by atoms with Crippen molar-refractivity contribution >= 4 is 5.91 Å². The summed E-state index contributed by atoms with van der Waals surface area (Å²) in [6.07, 6.45) is 0. The minimum absolute atomic E-state index is 0.0192. The second-order valence-electron chi connectivity index (χ2n) is 4.48. The molecule has 1 aromatic carbocycles. The third-order valence-electron chi connectivity index (χ3n) is 3.11. The molecular weight excluding hydrogens is 216 g/mol. The number of carbonyl (C=O) groups is 1. The molecule has 2 atom stereocenters. The molecule has 0 radical (unpaired) electrons. The molecule has 1 aromatic rings. The van der Waals surface area contributed by atoms with Gasteiger partial charge in [0, 0.05) is 6.54 Å². The Morgan fingerprint density at radius 1 is 1.41 bits per heavy atom. The van der Waals surface area contributed by atoms with Crippen LogP contribution in [0.3, 0.4) is 0 Å². The first-order valence-electron chi connectivity index (χ1n) is 5.93. The number of hydrogen-bond donors (Lipinski definition) is 2. The average Bonchev–Trinajstić information content (AvgIpc) is 2.77. The maximum Gasteiger partial charge on any atom is 0.248 e. The standard InChI is InChI=1S/C13H18N2O2/c1-10-7-14-8-12(10)13(16)15-17-9-11-5-3-2-4-6-11/h2-6,10,12,14H,7-9H2,1H3,(H,15,16). The topological polar surface area (TPSA) is 50.4 Å². The van der Waals surface area contributed by atoms with Crippen LogP contribution in [0, 0.1) is 11.8 Å². The van der Waals surface area contributed by atoms with Crippen LogP contribution in [-0.4, -0.2) is 19.0 Å². The molecule has 2 N–H and O–H groups in total. The molecule has 1 fully saturated rings. The third-order valence-corrected chi connectivity index (χ3v) is 3.11. The molecule has 92 valence electrons. The number of carbonyl (C=O) groups excluding carboxylic acids is 1. The van der Waals surface area contributed by atoms with Crippen LogP contribution in [0.15, 0.2) is 30.3 Å². The SMILES string of the molecule is CC1CNCC1C(=O)NOCc1ccccc1. The Balaban J connectivity index is 1.73. The van der Waals surface area contributed by atoms with Gasteiger partial charge in [0.2, 0.25) is 5.91 Å². The Morgan fingerprint density at radius 3 is 2.82 bits per heavy atom. The Morgan fingerprint density at radius 2 is 2.18 bits per heavy atom. The van der Waals surface area contributed by atoms with E-state index in [4.69, 9.17) is 4.84 Å². The molecular formula is C13H18N2O2. The van der Waals surface area contributed by atoms with Gasteiger partial charge in [0.15, 0.2) is 0 Å². The van der Waals surface area contributed by atoms with Crippen LogP contribution in [0.1, 0.15) is 12.5 Å². The van der Waals surface area contributed by atoms with Crippen LogP contribution in [0.5, 0.6) is 0 Å². The van der Waals surface area contributed by atoms with Gasteiger partial charge in [0.05, 0.1) is 12.5 Å². The second-order valence-corrected chi connectivity index (χ2v) is 4.48. The number of rotatable bonds is 4. The molecule has 2 unspecified atom stereocenters. The Labute approximate surface area is 101 Å². The van der Waals surface area contributed by atoms with E-state index in [0.717, 1.165) is 18.7 Å². The summed E-state index contributed by atoms with van der Waals surface area (Å²) >= 11 is 0. The van der Waals surface area contributed by atoms with E-state index >= 15 is 0 Å². The predicted molar refractivity (Wildman–Crippen MR) is 64.9 cm³/mol. The maximum atomic E-state index is 11.8. The molecule has 1 saturated heterocycles. The lowest BCUT2D eigenvalue weighted by Crippen LogP contribution is -2.34. The van der Waals surface area contributed by atoms with Crippen molar-refractivity contribution in [3.05, 3.63) is 35.9 Å². The summed E-state index contributed by atoms with van der Waals surface area (Å²) in [4.78, 5) is 17.0. The van der Waals surface area contributed by atoms with Crippen molar-refractivity contribution in [2.75, 3.05) is 13.1 Å². The van der Waals surface area contributed by atoms with Gasteiger partial charge < -0.3 is 5.32 Å². The van der Waals surface area contributed by atoms with Crippen LogP contribution >= 0.6 is 0 Å². The normalized spacial score (nSPS) is 23.6. The average molecular weight is 234 g/mol. The molecule has 2 rings (SSSR count). The lowest BCUT2D eigenvalue weighted by Gasteiger charge is -2.13. The molecule has 0 aromatic heterocycles. The Kier molecular flexibility index (Phi) is 4.12. The summed E-state index contributed by atoms with van der Waals surface area (Å²) < 4.78 is 0. The Bertz CT molecular complexity index is 367. The zero-order valence-corrected chi connectivity index (χ0v) is 9.98. The van der Waals surface area contributed by atoms with Gasteiger partial charge in [0.1, 0.15) is 0 Å². The quantitative estimate of drug-likeness (QED) is 0.767. The molecule has 4 nitrogen and oxygen atoms in total. The number of amides is 1. The molecule has 0 bridgehead atoms. The summed E-state index contributed by atoms with van der Waals surface area (Å²) in [5.41, 5.74) is 3.57. The number of nitrogens with one attached hydrogen (secondary N) is 2. The maximum absolute atomic E-state index is 11.8. The van der Waals surface area contributed by atoms with E-state index in [1.807, 2.05) is 30.3 Å². The summed E-state index contributed by atoms with van der Waals surface area (Å²) in [5, 5.41) is 3.19. The first kappa shape index (κ1) is 12.1. The summed E-state index contributed by atoms with van der Waals surface area (Å²) in [5.74, 6) is 0.361. The van der Waals surface area contributed by atoms with E-state index in [1.54, 1.807) is 0 Å². The Hall–Kier alpha value is -1.39. The highest BCUT2D eigenvalue weighted by atomic mass is 16.6. The third kappa shape index (κ3) is 3.28. The van der Waals surface area contributed by atoms with Gasteiger partial charge in [-0.15, -0.1) is 0 Å². The minimum Gasteiger partial charge on any atom is -0.316 e. The van der Waals surface area contributed by atoms with Crippen molar-refractivity contribution in [1.29, 1.82) is 0 Å². The van der Waals surface area contributed by atoms with Gasteiger partial charge in [-0.1, -0.05) is 37.3 Å². The highest BCUT2D eigenvalue weighted by molar-refractivity contribution is 5.78. The van der Waals surface area contributed by atoms with Gasteiger partial charge in [0.25, 0.3) is 0 Å². The van der Waals surface area contributed by atoms with Gasteiger partial charge in [-0.2, -0.15) is 0 Å².